The van der Waals surface area contributed by atoms with E-state index >= 15 is 0 Å². The summed E-state index contributed by atoms with van der Waals surface area (Å²) < 4.78 is 0. The van der Waals surface area contributed by atoms with Crippen molar-refractivity contribution in [1.82, 2.24) is 9.88 Å². The topological polar surface area (TPSA) is 89.3 Å². The van der Waals surface area contributed by atoms with E-state index in [2.05, 4.69) is 21.3 Å². The van der Waals surface area contributed by atoms with Crippen LogP contribution >= 0.6 is 0 Å². The van der Waals surface area contributed by atoms with Crippen LogP contribution in [-0.4, -0.2) is 48.4 Å². The SMILES string of the molecule is CCc1ccccc1NC(=O)CN(C)C(=O)C1CCN(c2ccc(C#N)cn2)CC1. The molecule has 7 nitrogen and oxygen atoms in total. The van der Waals surface area contributed by atoms with Gasteiger partial charge in [0.25, 0.3) is 0 Å². The van der Waals surface area contributed by atoms with Crippen molar-refractivity contribution in [3.05, 3.63) is 53.7 Å². The molecule has 2 heterocycles. The predicted octanol–water partition coefficient (Wildman–Crippen LogP) is 2.83. The number of likely N-dealkylation sites (N-methyl/N-ethyl adjacent to an activating group) is 1. The largest absolute Gasteiger partial charge is 0.357 e. The minimum Gasteiger partial charge on any atom is -0.357 e. The van der Waals surface area contributed by atoms with Crippen molar-refractivity contribution in [1.29, 1.82) is 5.26 Å². The summed E-state index contributed by atoms with van der Waals surface area (Å²) in [5.74, 6) is 0.537. The van der Waals surface area contributed by atoms with Crippen molar-refractivity contribution >= 4 is 23.3 Å². The Balaban J connectivity index is 1.50. The summed E-state index contributed by atoms with van der Waals surface area (Å²) in [5, 5.41) is 11.8. The standard InChI is InChI=1S/C23H27N5O2/c1-3-18-6-4-5-7-20(18)26-22(29)16-27(2)23(30)19-10-12-28(13-11-19)21-9-8-17(14-24)15-25-21/h4-9,15,19H,3,10-13,16H2,1-2H3,(H,26,29). The fourth-order valence-corrected chi connectivity index (χ4v) is 3.74. The number of nitrogens with zero attached hydrogens (tertiary/aromatic N) is 4. The van der Waals surface area contributed by atoms with Gasteiger partial charge in [-0.2, -0.15) is 5.26 Å². The van der Waals surface area contributed by atoms with Crippen molar-refractivity contribution in [3.8, 4) is 6.07 Å². The van der Waals surface area contributed by atoms with Crippen LogP contribution in [0.25, 0.3) is 0 Å². The molecule has 30 heavy (non-hydrogen) atoms. The van der Waals surface area contributed by atoms with E-state index < -0.39 is 0 Å². The second kappa shape index (κ2) is 9.88. The highest BCUT2D eigenvalue weighted by Gasteiger charge is 2.28. The molecule has 2 amide bonds. The number of para-hydroxylation sites is 1. The number of pyridine rings is 1. The molecule has 2 aromatic rings. The van der Waals surface area contributed by atoms with E-state index in [-0.39, 0.29) is 24.3 Å². The lowest BCUT2D eigenvalue weighted by atomic mass is 9.95. The number of rotatable bonds is 6. The molecule has 1 aromatic carbocycles. The van der Waals surface area contributed by atoms with Crippen LogP contribution in [-0.2, 0) is 16.0 Å². The average molecular weight is 406 g/mol. The monoisotopic (exact) mass is 405 g/mol. The minimum absolute atomic E-state index is 0.00126. The molecule has 0 aliphatic carbocycles. The van der Waals surface area contributed by atoms with Gasteiger partial charge in [-0.15, -0.1) is 0 Å². The van der Waals surface area contributed by atoms with E-state index in [4.69, 9.17) is 5.26 Å². The third kappa shape index (κ3) is 5.15. The minimum atomic E-state index is -0.189. The highest BCUT2D eigenvalue weighted by atomic mass is 16.2. The van der Waals surface area contributed by atoms with E-state index in [9.17, 15) is 9.59 Å². The molecule has 0 unspecified atom stereocenters. The molecule has 1 N–H and O–H groups in total. The zero-order valence-electron chi connectivity index (χ0n) is 17.5. The van der Waals surface area contributed by atoms with Crippen molar-refractivity contribution < 1.29 is 9.59 Å². The molecular formula is C23H27N5O2. The Kier molecular flexibility index (Phi) is 7.02. The third-order valence-electron chi connectivity index (χ3n) is 5.47. The molecule has 0 saturated carbocycles. The summed E-state index contributed by atoms with van der Waals surface area (Å²) in [6.45, 7) is 3.52. The van der Waals surface area contributed by atoms with Crippen molar-refractivity contribution in [2.75, 3.05) is 36.9 Å². The molecule has 0 radical (unpaired) electrons. The number of aryl methyl sites for hydroxylation is 1. The van der Waals surface area contributed by atoms with E-state index in [1.165, 1.54) is 4.90 Å². The second-order valence-electron chi connectivity index (χ2n) is 7.53. The lowest BCUT2D eigenvalue weighted by molar-refractivity contribution is -0.137. The number of carbonyl (C=O) groups excluding carboxylic acids is 2. The van der Waals surface area contributed by atoms with Gasteiger partial charge in [-0.05, 0) is 43.0 Å². The number of hydrogen-bond acceptors (Lipinski definition) is 5. The lowest BCUT2D eigenvalue weighted by Crippen LogP contribution is -2.43. The lowest BCUT2D eigenvalue weighted by Gasteiger charge is -2.33. The maximum absolute atomic E-state index is 12.8. The van der Waals surface area contributed by atoms with E-state index in [0.717, 1.165) is 36.6 Å². The summed E-state index contributed by atoms with van der Waals surface area (Å²) in [6, 6.07) is 13.4. The smallest absolute Gasteiger partial charge is 0.243 e. The molecule has 0 spiro atoms. The van der Waals surface area contributed by atoms with E-state index in [1.807, 2.05) is 37.3 Å². The zero-order valence-corrected chi connectivity index (χ0v) is 17.5. The summed E-state index contributed by atoms with van der Waals surface area (Å²) in [7, 11) is 1.68. The Hall–Kier alpha value is -3.40. The molecule has 156 valence electrons. The van der Waals surface area contributed by atoms with Crippen molar-refractivity contribution in [2.24, 2.45) is 5.92 Å². The van der Waals surface area contributed by atoms with Crippen molar-refractivity contribution in [2.45, 2.75) is 26.2 Å². The first-order valence-corrected chi connectivity index (χ1v) is 10.3. The van der Waals surface area contributed by atoms with Gasteiger partial charge < -0.3 is 15.1 Å². The molecule has 1 fully saturated rings. The van der Waals surface area contributed by atoms with Gasteiger partial charge in [-0.1, -0.05) is 25.1 Å². The van der Waals surface area contributed by atoms with Gasteiger partial charge in [-0.25, -0.2) is 4.98 Å². The molecule has 0 bridgehead atoms. The second-order valence-corrected chi connectivity index (χ2v) is 7.53. The predicted molar refractivity (Wildman–Crippen MR) is 116 cm³/mol. The highest BCUT2D eigenvalue weighted by Crippen LogP contribution is 2.23. The quantitative estimate of drug-likeness (QED) is 0.798. The Bertz CT molecular complexity index is 927. The van der Waals surface area contributed by atoms with E-state index in [1.54, 1.807) is 19.3 Å². The summed E-state index contributed by atoms with van der Waals surface area (Å²) in [4.78, 5) is 33.2. The zero-order chi connectivity index (χ0) is 21.5. The molecule has 1 saturated heterocycles. The molecular weight excluding hydrogens is 378 g/mol. The van der Waals surface area contributed by atoms with Crippen LogP contribution in [0, 0.1) is 17.2 Å². The van der Waals surface area contributed by atoms with Crippen molar-refractivity contribution in [3.63, 3.8) is 0 Å². The number of benzene rings is 1. The first kappa shape index (κ1) is 21.3. The number of piperidine rings is 1. The first-order valence-electron chi connectivity index (χ1n) is 10.3. The summed E-state index contributed by atoms with van der Waals surface area (Å²) in [5.41, 5.74) is 2.41. The number of aromatic nitrogens is 1. The number of anilines is 2. The highest BCUT2D eigenvalue weighted by molar-refractivity contribution is 5.95. The summed E-state index contributed by atoms with van der Waals surface area (Å²) >= 11 is 0. The third-order valence-corrected chi connectivity index (χ3v) is 5.47. The van der Waals surface area contributed by atoms with Crippen LogP contribution in [0.5, 0.6) is 0 Å². The molecule has 7 heteroatoms. The maximum atomic E-state index is 12.8. The molecule has 1 aliphatic heterocycles. The molecule has 1 aliphatic rings. The number of amides is 2. The number of carbonyl (C=O) groups is 2. The van der Waals surface area contributed by atoms with Gasteiger partial charge >= 0.3 is 0 Å². The average Bonchev–Trinajstić information content (AvgIpc) is 2.79. The van der Waals surface area contributed by atoms with Crippen LogP contribution in [0.15, 0.2) is 42.6 Å². The van der Waals surface area contributed by atoms with Gasteiger partial charge in [0, 0.05) is 37.9 Å². The fourth-order valence-electron chi connectivity index (χ4n) is 3.74. The van der Waals surface area contributed by atoms with Gasteiger partial charge in [0.15, 0.2) is 0 Å². The number of nitriles is 1. The van der Waals surface area contributed by atoms with E-state index in [0.29, 0.717) is 18.4 Å². The van der Waals surface area contributed by atoms with Crippen LogP contribution in [0.4, 0.5) is 11.5 Å². The Morgan fingerprint density at radius 3 is 2.60 bits per heavy atom. The van der Waals surface area contributed by atoms with Crippen LogP contribution in [0.2, 0.25) is 0 Å². The van der Waals surface area contributed by atoms with Gasteiger partial charge in [0.05, 0.1) is 12.1 Å². The Labute approximate surface area is 177 Å². The van der Waals surface area contributed by atoms with Gasteiger partial charge in [0.2, 0.25) is 11.8 Å². The Morgan fingerprint density at radius 2 is 1.97 bits per heavy atom. The van der Waals surface area contributed by atoms with Crippen LogP contribution in [0.3, 0.4) is 0 Å². The van der Waals surface area contributed by atoms with Crippen LogP contribution < -0.4 is 10.2 Å². The van der Waals surface area contributed by atoms with Crippen LogP contribution in [0.1, 0.15) is 30.9 Å². The maximum Gasteiger partial charge on any atom is 0.243 e. The first-order chi connectivity index (χ1) is 14.5. The van der Waals surface area contributed by atoms with Gasteiger partial charge in [0.1, 0.15) is 11.9 Å². The molecule has 3 rings (SSSR count). The summed E-state index contributed by atoms with van der Waals surface area (Å²) in [6.07, 6.45) is 3.82. The van der Waals surface area contributed by atoms with Gasteiger partial charge in [-0.3, -0.25) is 9.59 Å². The molecule has 1 aromatic heterocycles. The fraction of sp³-hybridized carbons (Fsp3) is 0.391. The number of hydrogen-bond donors (Lipinski definition) is 1. The number of nitrogens with one attached hydrogen (secondary N) is 1. The Morgan fingerprint density at radius 1 is 1.23 bits per heavy atom. The normalized spacial score (nSPS) is 14.1. The molecule has 0 atom stereocenters.